The van der Waals surface area contributed by atoms with Crippen molar-refractivity contribution in [2.45, 2.75) is 0 Å². The zero-order valence-electron chi connectivity index (χ0n) is 66.2. The third kappa shape index (κ3) is 12.4. The van der Waals surface area contributed by atoms with Crippen molar-refractivity contribution in [2.24, 2.45) is 0 Å². The van der Waals surface area contributed by atoms with Crippen LogP contribution in [-0.4, -0.2) is 43.2 Å². The van der Waals surface area contributed by atoms with Crippen molar-refractivity contribution in [3.63, 3.8) is 0 Å². The topological polar surface area (TPSA) is 84.2 Å². The summed E-state index contributed by atoms with van der Waals surface area (Å²) in [6, 6.07) is 157. The van der Waals surface area contributed by atoms with Crippen molar-refractivity contribution >= 4 is 98.0 Å². The van der Waals surface area contributed by atoms with Gasteiger partial charge in [0.15, 0.2) is 23.3 Å². The lowest BCUT2D eigenvalue weighted by molar-refractivity contribution is 1.07. The van der Waals surface area contributed by atoms with E-state index >= 15 is 0 Å². The summed E-state index contributed by atoms with van der Waals surface area (Å²) in [7, 11) is 0. The first-order valence-corrected chi connectivity index (χ1v) is 41.4. The second kappa shape index (κ2) is 29.9. The summed E-state index contributed by atoms with van der Waals surface area (Å²) < 4.78 is 9.64. The lowest BCUT2D eigenvalue weighted by atomic mass is 9.96. The molecule has 0 saturated carbocycles. The first-order valence-electron chi connectivity index (χ1n) is 41.4. The van der Waals surface area contributed by atoms with Crippen molar-refractivity contribution < 1.29 is 0 Å². The Balaban J connectivity index is 0.000000142. The highest BCUT2D eigenvalue weighted by molar-refractivity contribution is 6.30. The molecule has 6 aromatic heterocycles. The van der Waals surface area contributed by atoms with Crippen molar-refractivity contribution in [3.8, 4) is 124 Å². The lowest BCUT2D eigenvalue weighted by Gasteiger charge is -2.14. The quantitative estimate of drug-likeness (QED) is 0.115. The number of para-hydroxylation sites is 4. The molecule has 9 heteroatoms. The zero-order chi connectivity index (χ0) is 80.6. The molecule has 0 radical (unpaired) electrons. The molecule has 0 aliphatic carbocycles. The highest BCUT2D eigenvalue weighted by atomic mass is 15.0. The molecule has 0 saturated heterocycles. The molecule has 0 unspecified atom stereocenters. The Morgan fingerprint density at radius 2 is 0.467 bits per heavy atom. The number of hydrogen-bond acceptors (Lipinski definition) is 5. The maximum absolute atomic E-state index is 5.25. The fraction of sp³-hybridized carbons (Fsp3) is 0. The fourth-order valence-corrected chi connectivity index (χ4v) is 18.3. The first-order chi connectivity index (χ1) is 60.5. The molecule has 0 spiro atoms. The Morgan fingerprint density at radius 1 is 0.148 bits per heavy atom. The van der Waals surface area contributed by atoms with Crippen molar-refractivity contribution in [1.29, 1.82) is 0 Å². The minimum Gasteiger partial charge on any atom is -0.309 e. The molecule has 0 atom stereocenters. The summed E-state index contributed by atoms with van der Waals surface area (Å²) in [6.07, 6.45) is 0. The van der Waals surface area contributed by atoms with E-state index in [1.165, 1.54) is 87.1 Å². The minimum absolute atomic E-state index is 0.616. The van der Waals surface area contributed by atoms with Crippen LogP contribution in [0.3, 0.4) is 0 Å². The Kier molecular flexibility index (Phi) is 17.4. The third-order valence-corrected chi connectivity index (χ3v) is 23.9. The average molecular weight is 1560 g/mol. The van der Waals surface area contributed by atoms with Gasteiger partial charge in [-0.3, -0.25) is 0 Å². The van der Waals surface area contributed by atoms with E-state index in [2.05, 4.69) is 419 Å². The van der Waals surface area contributed by atoms with Crippen molar-refractivity contribution in [1.82, 2.24) is 43.2 Å². The average Bonchev–Trinajstić information content (AvgIpc) is 1.55. The smallest absolute Gasteiger partial charge is 0.164 e. The number of nitrogens with zero attached hydrogens (tertiary/aromatic N) is 9. The second-order valence-electron chi connectivity index (χ2n) is 31.0. The van der Waals surface area contributed by atoms with Crippen LogP contribution in [0.15, 0.2) is 443 Å². The monoisotopic (exact) mass is 1560 g/mol. The van der Waals surface area contributed by atoms with Crippen LogP contribution >= 0.6 is 0 Å². The molecular weight excluding hydrogens is 1480 g/mol. The van der Waals surface area contributed by atoms with E-state index in [0.29, 0.717) is 23.3 Å². The standard InChI is InChI=1S/C57H37N5.C56H36N4/c1-4-16-38(17-5-1)40-30-32-45(33-31-40)61-49-28-12-10-26-47(49)53-51(61)34-35-52-54(53)48-27-11-13-29-50(48)62(52)46-25-15-24-44(37-46)57-59-55(41-20-8-3-9-21-41)58-56(60-57)43-23-14-22-42(36-43)39-18-6-2-7-19-39;1-3-17-38(18-4-1)44-24-9-10-25-45(44)49-36-48(57-56(58-49)39-19-5-2-6-20-39)41-22-15-23-42(35-41)59-50-28-13-11-26-46(50)54-52(59)32-33-53-55(54)47-27-12-14-29-51(47)60(53)43-31-30-37-16-7-8-21-40(37)34-43/h1-37H;1-36H. The number of benzene rings is 18. The summed E-state index contributed by atoms with van der Waals surface area (Å²) in [4.78, 5) is 25.8. The Hall–Kier alpha value is -16.5. The van der Waals surface area contributed by atoms with Crippen LogP contribution in [0.1, 0.15) is 0 Å². The van der Waals surface area contributed by atoms with Gasteiger partial charge in [-0.05, 0) is 153 Å². The van der Waals surface area contributed by atoms with Gasteiger partial charge >= 0.3 is 0 Å². The van der Waals surface area contributed by atoms with E-state index in [1.54, 1.807) is 0 Å². The van der Waals surface area contributed by atoms with Crippen LogP contribution in [0.5, 0.6) is 0 Å². The van der Waals surface area contributed by atoms with Crippen LogP contribution in [0.25, 0.3) is 222 Å². The van der Waals surface area contributed by atoms with Crippen LogP contribution in [0, 0.1) is 0 Å². The molecule has 6 heterocycles. The summed E-state index contributed by atoms with van der Waals surface area (Å²) in [6.45, 7) is 0. The van der Waals surface area contributed by atoms with Gasteiger partial charge in [-0.15, -0.1) is 0 Å². The van der Waals surface area contributed by atoms with Gasteiger partial charge in [-0.1, -0.05) is 334 Å². The van der Waals surface area contributed by atoms with E-state index in [1.807, 2.05) is 42.5 Å². The molecule has 0 amide bonds. The van der Waals surface area contributed by atoms with Gasteiger partial charge in [-0.25, -0.2) is 24.9 Å². The molecule has 570 valence electrons. The van der Waals surface area contributed by atoms with Crippen LogP contribution in [-0.2, 0) is 0 Å². The second-order valence-corrected chi connectivity index (χ2v) is 31.0. The van der Waals surface area contributed by atoms with E-state index in [9.17, 15) is 0 Å². The van der Waals surface area contributed by atoms with Crippen molar-refractivity contribution in [2.75, 3.05) is 0 Å². The highest BCUT2D eigenvalue weighted by Crippen LogP contribution is 2.47. The Bertz CT molecular complexity index is 8170. The Labute approximate surface area is 703 Å². The minimum atomic E-state index is 0.616. The molecule has 9 nitrogen and oxygen atoms in total. The SMILES string of the molecule is c1ccc(-c2ccc(-n3c4ccccc4c4c5c6ccccc6n(-c6cccc(-c7nc(-c8ccccc8)nc(-c8cccc(-c9ccccc9)c8)n7)c6)c5ccc43)cc2)cc1.c1ccc(-c2nc(-c3cccc(-n4c5ccccc5c5c6c7ccccc7n(-c7ccc8ccccc8c7)c6ccc54)c3)cc(-c3ccccc3-c3ccccc3)n2)cc1. The van der Waals surface area contributed by atoms with Crippen LogP contribution in [0.2, 0.25) is 0 Å². The van der Waals surface area contributed by atoms with Crippen molar-refractivity contribution in [3.05, 3.63) is 443 Å². The van der Waals surface area contributed by atoms with Gasteiger partial charge in [0, 0.05) is 99.2 Å². The van der Waals surface area contributed by atoms with Crippen LogP contribution < -0.4 is 0 Å². The largest absolute Gasteiger partial charge is 0.309 e. The molecule has 0 N–H and O–H groups in total. The molecule has 0 aliphatic heterocycles. The molecule has 122 heavy (non-hydrogen) atoms. The molecule has 0 fully saturated rings. The maximum atomic E-state index is 5.25. The molecule has 0 aliphatic rings. The molecular formula is C113H73N9. The van der Waals surface area contributed by atoms with E-state index < -0.39 is 0 Å². The third-order valence-electron chi connectivity index (χ3n) is 23.9. The first kappa shape index (κ1) is 70.9. The van der Waals surface area contributed by atoms with Gasteiger partial charge in [0.2, 0.25) is 0 Å². The number of fused-ring (bicyclic) bond motifs is 15. The summed E-state index contributed by atoms with van der Waals surface area (Å²) in [5.41, 5.74) is 28.2. The molecule has 18 aromatic carbocycles. The van der Waals surface area contributed by atoms with Gasteiger partial charge < -0.3 is 18.3 Å². The normalized spacial score (nSPS) is 11.6. The predicted molar refractivity (Wildman–Crippen MR) is 506 cm³/mol. The highest BCUT2D eigenvalue weighted by Gasteiger charge is 2.25. The predicted octanol–water partition coefficient (Wildman–Crippen LogP) is 28.9. The fourth-order valence-electron chi connectivity index (χ4n) is 18.3. The number of aromatic nitrogens is 9. The molecule has 24 rings (SSSR count). The summed E-state index contributed by atoms with van der Waals surface area (Å²) >= 11 is 0. The van der Waals surface area contributed by atoms with Gasteiger partial charge in [0.1, 0.15) is 0 Å². The van der Waals surface area contributed by atoms with Gasteiger partial charge in [-0.2, -0.15) is 0 Å². The summed E-state index contributed by atoms with van der Waals surface area (Å²) in [5.74, 6) is 2.57. The number of hydrogen-bond donors (Lipinski definition) is 0. The zero-order valence-corrected chi connectivity index (χ0v) is 66.2. The van der Waals surface area contributed by atoms with E-state index in [4.69, 9.17) is 24.9 Å². The Morgan fingerprint density at radius 3 is 0.967 bits per heavy atom. The molecule has 24 aromatic rings. The number of rotatable bonds is 13. The van der Waals surface area contributed by atoms with E-state index in [-0.39, 0.29) is 0 Å². The van der Waals surface area contributed by atoms with E-state index in [0.717, 1.165) is 112 Å². The summed E-state index contributed by atoms with van der Waals surface area (Å²) in [5, 5.41) is 12.3. The van der Waals surface area contributed by atoms with Crippen LogP contribution in [0.4, 0.5) is 0 Å². The lowest BCUT2D eigenvalue weighted by Crippen LogP contribution is -2.01. The van der Waals surface area contributed by atoms with Gasteiger partial charge in [0.05, 0.1) is 55.5 Å². The maximum Gasteiger partial charge on any atom is 0.164 e. The van der Waals surface area contributed by atoms with Gasteiger partial charge in [0.25, 0.3) is 0 Å². The molecule has 0 bridgehead atoms.